The second kappa shape index (κ2) is 2.78. The van der Waals surface area contributed by atoms with Crippen LogP contribution in [0, 0.1) is 0 Å². The molecule has 1 saturated heterocycles. The third-order valence-electron chi connectivity index (χ3n) is 4.87. The highest BCUT2D eigenvalue weighted by Gasteiger charge is 2.71. The highest BCUT2D eigenvalue weighted by Crippen LogP contribution is 2.63. The van der Waals surface area contributed by atoms with Crippen LogP contribution in [0.1, 0.15) is 25.3 Å². The Labute approximate surface area is 101 Å². The van der Waals surface area contributed by atoms with Crippen LogP contribution in [0.15, 0.2) is 18.2 Å². The molecular formula is C14H16O3. The summed E-state index contributed by atoms with van der Waals surface area (Å²) in [6.45, 7) is 3.14. The summed E-state index contributed by atoms with van der Waals surface area (Å²) in [5.74, 6) is 1.91. The normalized spacial score (nSPS) is 40.9. The second-order valence-electron chi connectivity index (χ2n) is 5.52. The first-order valence-electron chi connectivity index (χ1n) is 6.19. The van der Waals surface area contributed by atoms with E-state index in [1.165, 1.54) is 5.56 Å². The number of hydrogen-bond donors (Lipinski definition) is 0. The Balaban J connectivity index is 1.93. The van der Waals surface area contributed by atoms with Gasteiger partial charge in [-0.1, -0.05) is 6.92 Å². The summed E-state index contributed by atoms with van der Waals surface area (Å²) in [6.07, 6.45) is 2.47. The summed E-state index contributed by atoms with van der Waals surface area (Å²) in [5, 5.41) is 0. The predicted molar refractivity (Wildman–Crippen MR) is 62.7 cm³/mol. The van der Waals surface area contributed by atoms with Crippen molar-refractivity contribution in [1.82, 2.24) is 0 Å². The molecule has 1 saturated carbocycles. The smallest absolute Gasteiger partial charge is 0.138 e. The van der Waals surface area contributed by atoms with Gasteiger partial charge in [0.1, 0.15) is 23.2 Å². The molecule has 2 fully saturated rings. The van der Waals surface area contributed by atoms with Crippen molar-refractivity contribution in [2.75, 3.05) is 13.7 Å². The van der Waals surface area contributed by atoms with E-state index in [0.29, 0.717) is 0 Å². The molecule has 0 N–H and O–H groups in total. The first-order chi connectivity index (χ1) is 8.19. The van der Waals surface area contributed by atoms with Crippen LogP contribution in [-0.2, 0) is 10.2 Å². The Bertz CT molecular complexity index is 492. The zero-order valence-electron chi connectivity index (χ0n) is 10.2. The van der Waals surface area contributed by atoms with Gasteiger partial charge in [0.25, 0.3) is 0 Å². The third-order valence-corrected chi connectivity index (χ3v) is 4.87. The maximum atomic E-state index is 6.08. The van der Waals surface area contributed by atoms with Gasteiger partial charge in [0.15, 0.2) is 0 Å². The molecule has 1 aliphatic carbocycles. The average molecular weight is 232 g/mol. The lowest BCUT2D eigenvalue weighted by atomic mass is 9.71. The van der Waals surface area contributed by atoms with Crippen LogP contribution in [0.4, 0.5) is 0 Å². The van der Waals surface area contributed by atoms with E-state index in [-0.39, 0.29) is 17.1 Å². The first kappa shape index (κ1) is 9.77. The van der Waals surface area contributed by atoms with Crippen molar-refractivity contribution in [2.24, 2.45) is 0 Å². The molecule has 0 unspecified atom stereocenters. The van der Waals surface area contributed by atoms with Crippen LogP contribution < -0.4 is 9.47 Å². The molecule has 4 rings (SSSR count). The van der Waals surface area contributed by atoms with Crippen molar-refractivity contribution in [3.05, 3.63) is 23.8 Å². The fourth-order valence-electron chi connectivity index (χ4n) is 3.64. The molecule has 3 heteroatoms. The van der Waals surface area contributed by atoms with E-state index < -0.39 is 0 Å². The van der Waals surface area contributed by atoms with Crippen molar-refractivity contribution in [3.8, 4) is 11.5 Å². The Morgan fingerprint density at radius 3 is 2.94 bits per heavy atom. The van der Waals surface area contributed by atoms with E-state index in [4.69, 9.17) is 14.2 Å². The number of benzene rings is 1. The molecule has 1 spiro atoms. The number of fused-ring (bicyclic) bond motifs is 2. The van der Waals surface area contributed by atoms with Crippen molar-refractivity contribution in [1.29, 1.82) is 0 Å². The first-order valence-corrected chi connectivity index (χ1v) is 6.19. The topological polar surface area (TPSA) is 31.0 Å². The Morgan fingerprint density at radius 1 is 1.41 bits per heavy atom. The Hall–Kier alpha value is -1.22. The minimum Gasteiger partial charge on any atom is -0.497 e. The van der Waals surface area contributed by atoms with Crippen LogP contribution in [0.5, 0.6) is 11.5 Å². The van der Waals surface area contributed by atoms with Crippen molar-refractivity contribution in [2.45, 2.75) is 36.9 Å². The summed E-state index contributed by atoms with van der Waals surface area (Å²) >= 11 is 0. The summed E-state index contributed by atoms with van der Waals surface area (Å²) < 4.78 is 17.2. The van der Waals surface area contributed by atoms with Gasteiger partial charge in [0.05, 0.1) is 13.7 Å². The lowest BCUT2D eigenvalue weighted by Gasteiger charge is -2.38. The van der Waals surface area contributed by atoms with Gasteiger partial charge < -0.3 is 14.2 Å². The number of epoxide rings is 1. The second-order valence-corrected chi connectivity index (χ2v) is 5.52. The fraction of sp³-hybridized carbons (Fsp3) is 0.571. The molecule has 3 atom stereocenters. The number of methoxy groups -OCH3 is 1. The summed E-state index contributed by atoms with van der Waals surface area (Å²) in [5.41, 5.74) is 1.30. The van der Waals surface area contributed by atoms with Gasteiger partial charge in [-0.2, -0.15) is 0 Å². The van der Waals surface area contributed by atoms with E-state index in [1.807, 2.05) is 12.1 Å². The third kappa shape index (κ3) is 0.974. The van der Waals surface area contributed by atoms with Crippen LogP contribution in [0.2, 0.25) is 0 Å². The fourth-order valence-corrected chi connectivity index (χ4v) is 3.64. The summed E-state index contributed by atoms with van der Waals surface area (Å²) in [4.78, 5) is 0. The number of ether oxygens (including phenoxy) is 3. The Morgan fingerprint density at radius 2 is 2.24 bits per heavy atom. The van der Waals surface area contributed by atoms with Crippen LogP contribution in [0.3, 0.4) is 0 Å². The van der Waals surface area contributed by atoms with E-state index in [2.05, 4.69) is 13.0 Å². The van der Waals surface area contributed by atoms with E-state index in [9.17, 15) is 0 Å². The standard InChI is InChI=1S/C14H16O3/c1-13-6-5-12(14(13)8-16-14)17-11-4-3-9(15-2)7-10(11)13/h3-4,7,12H,5-6,8H2,1-2H3/t12-,13-,14+/m1/s1. The highest BCUT2D eigenvalue weighted by atomic mass is 16.6. The molecule has 2 heterocycles. The van der Waals surface area contributed by atoms with Gasteiger partial charge >= 0.3 is 0 Å². The van der Waals surface area contributed by atoms with E-state index in [0.717, 1.165) is 30.9 Å². The molecule has 0 amide bonds. The SMILES string of the molecule is COc1ccc2c(c1)[C@@]1(C)CC[C@@H](O2)[C@@]12CO2. The quantitative estimate of drug-likeness (QED) is 0.696. The van der Waals surface area contributed by atoms with Crippen LogP contribution in [0.25, 0.3) is 0 Å². The van der Waals surface area contributed by atoms with Gasteiger partial charge in [-0.25, -0.2) is 0 Å². The van der Waals surface area contributed by atoms with Crippen molar-refractivity contribution >= 4 is 0 Å². The number of rotatable bonds is 1. The minimum atomic E-state index is -0.0492. The van der Waals surface area contributed by atoms with Gasteiger partial charge in [0.2, 0.25) is 0 Å². The molecule has 0 radical (unpaired) electrons. The predicted octanol–water partition coefficient (Wildman–Crippen LogP) is 2.28. The maximum Gasteiger partial charge on any atom is 0.138 e. The molecule has 1 aromatic rings. The largest absolute Gasteiger partial charge is 0.497 e. The lowest BCUT2D eigenvalue weighted by molar-refractivity contribution is 0.0684. The summed E-state index contributed by atoms with van der Waals surface area (Å²) in [6, 6.07) is 6.10. The van der Waals surface area contributed by atoms with Gasteiger partial charge in [-0.15, -0.1) is 0 Å². The van der Waals surface area contributed by atoms with Crippen molar-refractivity contribution in [3.63, 3.8) is 0 Å². The van der Waals surface area contributed by atoms with E-state index >= 15 is 0 Å². The maximum absolute atomic E-state index is 6.08. The van der Waals surface area contributed by atoms with E-state index in [1.54, 1.807) is 7.11 Å². The zero-order valence-corrected chi connectivity index (χ0v) is 10.2. The highest BCUT2D eigenvalue weighted by molar-refractivity contribution is 5.52. The summed E-state index contributed by atoms with van der Waals surface area (Å²) in [7, 11) is 1.70. The van der Waals surface area contributed by atoms with Crippen LogP contribution in [-0.4, -0.2) is 25.4 Å². The van der Waals surface area contributed by atoms with Gasteiger partial charge in [-0.05, 0) is 31.0 Å². The van der Waals surface area contributed by atoms with Crippen LogP contribution >= 0.6 is 0 Å². The molecule has 0 aromatic heterocycles. The number of hydrogen-bond acceptors (Lipinski definition) is 3. The molecule has 1 aromatic carbocycles. The minimum absolute atomic E-state index is 0.0492. The molecular weight excluding hydrogens is 216 g/mol. The van der Waals surface area contributed by atoms with Gasteiger partial charge in [0, 0.05) is 11.0 Å². The molecule has 2 aliphatic heterocycles. The van der Waals surface area contributed by atoms with Gasteiger partial charge in [-0.3, -0.25) is 0 Å². The zero-order chi connectivity index (χ0) is 11.7. The molecule has 2 bridgehead atoms. The molecule has 90 valence electrons. The molecule has 17 heavy (non-hydrogen) atoms. The lowest BCUT2D eigenvalue weighted by Crippen LogP contribution is -2.47. The average Bonchev–Trinajstić information content (AvgIpc) is 3.10. The molecule has 3 aliphatic rings. The Kier molecular flexibility index (Phi) is 1.60. The van der Waals surface area contributed by atoms with Crippen molar-refractivity contribution < 1.29 is 14.2 Å². The molecule has 3 nitrogen and oxygen atoms in total. The monoisotopic (exact) mass is 232 g/mol.